The van der Waals surface area contributed by atoms with Gasteiger partial charge < -0.3 is 40.3 Å². The van der Waals surface area contributed by atoms with Crippen molar-refractivity contribution < 1.29 is 39.8 Å². The maximum absolute atomic E-state index is 13.1. The Labute approximate surface area is 431 Å². The summed E-state index contributed by atoms with van der Waals surface area (Å²) in [5, 5.41) is 54.5. The first kappa shape index (κ1) is 66.2. The van der Waals surface area contributed by atoms with Crippen LogP contribution in [0, 0.1) is 0 Å². The Balaban J connectivity index is 2.20. The molecule has 1 amide bonds. The predicted octanol–water partition coefficient (Wildman–Crippen LogP) is 14.9. The van der Waals surface area contributed by atoms with Crippen LogP contribution in [0.25, 0.3) is 0 Å². The molecule has 0 aromatic heterocycles. The van der Waals surface area contributed by atoms with E-state index in [0.29, 0.717) is 6.42 Å². The zero-order valence-corrected chi connectivity index (χ0v) is 45.5. The summed E-state index contributed by atoms with van der Waals surface area (Å²) in [6.45, 7) is 3.78. The Morgan fingerprint density at radius 2 is 0.814 bits per heavy atom. The lowest BCUT2D eigenvalue weighted by atomic mass is 9.99. The Morgan fingerprint density at radius 1 is 0.471 bits per heavy atom. The third kappa shape index (κ3) is 39.7. The van der Waals surface area contributed by atoms with Crippen molar-refractivity contribution in [2.24, 2.45) is 0 Å². The fraction of sp³-hybridized carbons (Fsp3) is 0.852. The highest BCUT2D eigenvalue weighted by atomic mass is 16.7. The van der Waals surface area contributed by atoms with E-state index in [1.54, 1.807) is 6.08 Å². The van der Waals surface area contributed by atoms with Crippen molar-refractivity contribution in [2.45, 2.75) is 320 Å². The number of rotatable bonds is 51. The minimum atomic E-state index is -1.58. The molecule has 70 heavy (non-hydrogen) atoms. The van der Waals surface area contributed by atoms with Crippen LogP contribution in [0.4, 0.5) is 0 Å². The van der Waals surface area contributed by atoms with Gasteiger partial charge in [-0.05, 0) is 70.6 Å². The van der Waals surface area contributed by atoms with Crippen LogP contribution in [0.5, 0.6) is 0 Å². The predicted molar refractivity (Wildman–Crippen MR) is 295 cm³/mol. The van der Waals surface area contributed by atoms with Gasteiger partial charge in [0.25, 0.3) is 0 Å². The van der Waals surface area contributed by atoms with Gasteiger partial charge in [0.15, 0.2) is 6.29 Å². The number of ether oxygens (including phenoxy) is 2. The smallest absolute Gasteiger partial charge is 0.220 e. The average molecular weight is 989 g/mol. The van der Waals surface area contributed by atoms with E-state index in [4.69, 9.17) is 9.47 Å². The number of allylic oxidation sites excluding steroid dienone is 7. The number of aliphatic hydroxyl groups excluding tert-OH is 5. The van der Waals surface area contributed by atoms with Crippen LogP contribution >= 0.6 is 0 Å². The number of carbonyl (C=O) groups excluding carboxylic acids is 1. The SMILES string of the molecule is CCCCCCCCCC/C=C/CC/C=C/CC/C=C/C(O)C(COC1OC(CO)C(O)C(O)C1O)NC(=O)CCCCCCCCCCCCCCC/C=C\CCCCCCCCCCCCCC. The Morgan fingerprint density at radius 3 is 1.20 bits per heavy atom. The van der Waals surface area contributed by atoms with Crippen LogP contribution in [0.3, 0.4) is 0 Å². The molecule has 0 aliphatic carbocycles. The fourth-order valence-electron chi connectivity index (χ4n) is 9.36. The largest absolute Gasteiger partial charge is 0.394 e. The van der Waals surface area contributed by atoms with E-state index in [0.717, 1.165) is 44.9 Å². The van der Waals surface area contributed by atoms with Gasteiger partial charge >= 0.3 is 0 Å². The first-order valence-electron chi connectivity index (χ1n) is 29.9. The highest BCUT2D eigenvalue weighted by molar-refractivity contribution is 5.76. The quantitative estimate of drug-likeness (QED) is 0.0261. The van der Waals surface area contributed by atoms with E-state index in [-0.39, 0.29) is 12.5 Å². The topological polar surface area (TPSA) is 149 Å². The van der Waals surface area contributed by atoms with Gasteiger partial charge in [0, 0.05) is 6.42 Å². The number of aliphatic hydroxyl groups is 5. The summed E-state index contributed by atoms with van der Waals surface area (Å²) in [5.74, 6) is -0.189. The second kappa shape index (κ2) is 50.7. The van der Waals surface area contributed by atoms with E-state index in [1.165, 1.54) is 212 Å². The van der Waals surface area contributed by atoms with Gasteiger partial charge in [-0.3, -0.25) is 4.79 Å². The Bertz CT molecular complexity index is 1240. The molecule has 6 N–H and O–H groups in total. The molecule has 9 nitrogen and oxygen atoms in total. The Hall–Kier alpha value is -1.85. The van der Waals surface area contributed by atoms with E-state index < -0.39 is 49.5 Å². The summed E-state index contributed by atoms with van der Waals surface area (Å²) in [6, 6.07) is -0.829. The number of nitrogens with one attached hydrogen (secondary N) is 1. The maximum atomic E-state index is 13.1. The van der Waals surface area contributed by atoms with Crippen molar-refractivity contribution in [3.63, 3.8) is 0 Å². The second-order valence-corrected chi connectivity index (χ2v) is 20.8. The summed E-state index contributed by atoms with van der Waals surface area (Å²) >= 11 is 0. The van der Waals surface area contributed by atoms with E-state index in [1.807, 2.05) is 6.08 Å². The molecule has 1 fully saturated rings. The van der Waals surface area contributed by atoms with Gasteiger partial charge in [0.1, 0.15) is 24.4 Å². The van der Waals surface area contributed by atoms with Crippen molar-refractivity contribution in [3.05, 3.63) is 48.6 Å². The number of hydrogen-bond donors (Lipinski definition) is 6. The third-order valence-corrected chi connectivity index (χ3v) is 14.1. The molecule has 0 aromatic rings. The zero-order chi connectivity index (χ0) is 50.8. The average Bonchev–Trinajstić information content (AvgIpc) is 3.36. The van der Waals surface area contributed by atoms with Crippen LogP contribution in [-0.4, -0.2) is 87.5 Å². The summed E-state index contributed by atoms with van der Waals surface area (Å²) < 4.78 is 11.3. The van der Waals surface area contributed by atoms with Crippen molar-refractivity contribution in [3.8, 4) is 0 Å². The highest BCUT2D eigenvalue weighted by Gasteiger charge is 2.44. The normalized spacial score (nSPS) is 19.7. The fourth-order valence-corrected chi connectivity index (χ4v) is 9.36. The van der Waals surface area contributed by atoms with Crippen LogP contribution in [-0.2, 0) is 14.3 Å². The molecule has 1 aliphatic rings. The zero-order valence-electron chi connectivity index (χ0n) is 45.5. The number of amides is 1. The van der Waals surface area contributed by atoms with Crippen LogP contribution in [0.2, 0.25) is 0 Å². The number of hydrogen-bond acceptors (Lipinski definition) is 8. The minimum absolute atomic E-state index is 0.189. The molecule has 7 atom stereocenters. The molecule has 0 spiro atoms. The van der Waals surface area contributed by atoms with Gasteiger partial charge in [0.05, 0.1) is 25.4 Å². The standard InChI is InChI=1S/C61H113NO8/c1-3-5-7-9-11-13-15-17-19-21-23-24-25-26-27-28-29-30-31-32-33-35-37-39-41-43-45-47-49-51-57(65)62-54(53-69-61-60(68)59(67)58(66)56(52-63)70-61)55(64)50-48-46-44-42-40-38-36-34-22-20-18-16-14-12-10-8-6-4-2/h22,26-27,34,40,42,48,50,54-56,58-61,63-64,66-68H,3-21,23-25,28-33,35-39,41,43-47,49,51-53H2,1-2H3,(H,62,65)/b27-26-,34-22+,42-40+,50-48+. The van der Waals surface area contributed by atoms with Crippen molar-refractivity contribution >= 4 is 5.91 Å². The monoisotopic (exact) mass is 988 g/mol. The molecule has 7 unspecified atom stereocenters. The number of carbonyl (C=O) groups is 1. The van der Waals surface area contributed by atoms with Crippen molar-refractivity contribution in [1.29, 1.82) is 0 Å². The molecule has 9 heteroatoms. The lowest BCUT2D eigenvalue weighted by Gasteiger charge is -2.40. The Kier molecular flexibility index (Phi) is 47.9. The van der Waals surface area contributed by atoms with Crippen molar-refractivity contribution in [2.75, 3.05) is 13.2 Å². The van der Waals surface area contributed by atoms with Gasteiger partial charge in [0.2, 0.25) is 5.91 Å². The molecular formula is C61H113NO8. The molecule has 0 saturated carbocycles. The van der Waals surface area contributed by atoms with E-state index in [2.05, 4.69) is 55.6 Å². The van der Waals surface area contributed by atoms with Gasteiger partial charge in [-0.2, -0.15) is 0 Å². The van der Waals surface area contributed by atoms with Crippen molar-refractivity contribution in [1.82, 2.24) is 5.32 Å². The number of unbranched alkanes of at least 4 members (excludes halogenated alkanes) is 35. The second-order valence-electron chi connectivity index (χ2n) is 20.8. The first-order chi connectivity index (χ1) is 34.3. The van der Waals surface area contributed by atoms with Crippen LogP contribution in [0.1, 0.15) is 277 Å². The lowest BCUT2D eigenvalue weighted by Crippen LogP contribution is -2.60. The van der Waals surface area contributed by atoms with E-state index in [9.17, 15) is 30.3 Å². The molecule has 1 saturated heterocycles. The molecule has 1 heterocycles. The van der Waals surface area contributed by atoms with Crippen LogP contribution in [0.15, 0.2) is 48.6 Å². The third-order valence-electron chi connectivity index (χ3n) is 14.1. The van der Waals surface area contributed by atoms with Gasteiger partial charge in [-0.1, -0.05) is 249 Å². The van der Waals surface area contributed by atoms with Gasteiger partial charge in [-0.25, -0.2) is 0 Å². The summed E-state index contributed by atoms with van der Waals surface area (Å²) in [5.41, 5.74) is 0. The molecule has 1 aliphatic heterocycles. The van der Waals surface area contributed by atoms with Gasteiger partial charge in [-0.15, -0.1) is 0 Å². The maximum Gasteiger partial charge on any atom is 0.220 e. The first-order valence-corrected chi connectivity index (χ1v) is 29.9. The molecule has 1 rings (SSSR count). The minimum Gasteiger partial charge on any atom is -0.394 e. The summed E-state index contributed by atoms with van der Waals surface area (Å²) in [6.07, 6.45) is 60.5. The molecular weight excluding hydrogens is 875 g/mol. The highest BCUT2D eigenvalue weighted by Crippen LogP contribution is 2.23. The van der Waals surface area contributed by atoms with E-state index >= 15 is 0 Å². The molecule has 410 valence electrons. The molecule has 0 aromatic carbocycles. The molecule has 0 radical (unpaired) electrons. The molecule has 0 bridgehead atoms. The lowest BCUT2D eigenvalue weighted by molar-refractivity contribution is -0.302. The van der Waals surface area contributed by atoms with Crippen LogP contribution < -0.4 is 5.32 Å². The summed E-state index contributed by atoms with van der Waals surface area (Å²) in [7, 11) is 0. The summed E-state index contributed by atoms with van der Waals surface area (Å²) in [4.78, 5) is 13.1.